The predicted octanol–water partition coefficient (Wildman–Crippen LogP) is 5.81. The third kappa shape index (κ3) is 6.40. The van der Waals surface area contributed by atoms with Crippen molar-refractivity contribution >= 4 is 44.9 Å². The smallest absolute Gasteiger partial charge is 0.257 e. The molecule has 3 aromatic carbocycles. The lowest BCUT2D eigenvalue weighted by Crippen LogP contribution is -2.34. The molecule has 6 heteroatoms. The molecule has 0 saturated carbocycles. The summed E-state index contributed by atoms with van der Waals surface area (Å²) in [4.78, 5) is 12.5. The highest BCUT2D eigenvalue weighted by Crippen LogP contribution is 2.26. The van der Waals surface area contributed by atoms with Gasteiger partial charge in [-0.3, -0.25) is 10.1 Å². The first kappa shape index (κ1) is 22.0. The van der Waals surface area contributed by atoms with Gasteiger partial charge in [0.1, 0.15) is 5.75 Å². The van der Waals surface area contributed by atoms with E-state index in [-0.39, 0.29) is 11.0 Å². The zero-order valence-corrected chi connectivity index (χ0v) is 19.3. The van der Waals surface area contributed by atoms with E-state index in [1.165, 1.54) is 5.56 Å². The molecular formula is C24H23BrN2O2S. The number of rotatable bonds is 6. The van der Waals surface area contributed by atoms with Crippen LogP contribution < -0.4 is 15.4 Å². The van der Waals surface area contributed by atoms with Crippen LogP contribution in [0.5, 0.6) is 5.75 Å². The molecule has 0 aliphatic rings. The van der Waals surface area contributed by atoms with Gasteiger partial charge in [0.05, 0.1) is 11.1 Å². The summed E-state index contributed by atoms with van der Waals surface area (Å²) < 4.78 is 6.56. The van der Waals surface area contributed by atoms with Crippen LogP contribution in [0.3, 0.4) is 0 Å². The van der Waals surface area contributed by atoms with E-state index < -0.39 is 0 Å². The summed E-state index contributed by atoms with van der Waals surface area (Å²) in [6.07, 6.45) is 0.813. The summed E-state index contributed by atoms with van der Waals surface area (Å²) >= 11 is 8.77. The molecule has 1 amide bonds. The molecule has 0 unspecified atom stereocenters. The van der Waals surface area contributed by atoms with Crippen molar-refractivity contribution in [2.75, 3.05) is 11.9 Å². The van der Waals surface area contributed by atoms with Gasteiger partial charge in [-0.2, -0.15) is 0 Å². The van der Waals surface area contributed by atoms with E-state index in [0.717, 1.165) is 27.7 Å². The van der Waals surface area contributed by atoms with Gasteiger partial charge in [-0.25, -0.2) is 0 Å². The van der Waals surface area contributed by atoms with Gasteiger partial charge in [-0.1, -0.05) is 36.4 Å². The fraction of sp³-hybridized carbons (Fsp3) is 0.167. The number of hydrogen-bond donors (Lipinski definition) is 2. The number of carbonyl (C=O) groups is 1. The van der Waals surface area contributed by atoms with Crippen molar-refractivity contribution in [2.45, 2.75) is 20.3 Å². The number of thiocarbonyl (C=S) groups is 1. The molecule has 2 N–H and O–H groups in total. The highest BCUT2D eigenvalue weighted by Gasteiger charge is 2.11. The van der Waals surface area contributed by atoms with Crippen molar-refractivity contribution in [3.8, 4) is 5.75 Å². The van der Waals surface area contributed by atoms with Crippen LogP contribution >= 0.6 is 28.1 Å². The zero-order valence-electron chi connectivity index (χ0n) is 16.9. The number of halogens is 1. The van der Waals surface area contributed by atoms with Crippen LogP contribution in [0.4, 0.5) is 5.69 Å². The molecule has 0 heterocycles. The molecule has 3 rings (SSSR count). The van der Waals surface area contributed by atoms with Crippen molar-refractivity contribution in [2.24, 2.45) is 0 Å². The molecule has 0 saturated heterocycles. The molecule has 0 bridgehead atoms. The Bertz CT molecular complexity index is 1030. The third-order valence-corrected chi connectivity index (χ3v) is 5.22. The largest absolute Gasteiger partial charge is 0.492 e. The van der Waals surface area contributed by atoms with Crippen LogP contribution in [0, 0.1) is 13.8 Å². The van der Waals surface area contributed by atoms with Crippen LogP contribution in [-0.2, 0) is 6.42 Å². The van der Waals surface area contributed by atoms with Gasteiger partial charge < -0.3 is 10.1 Å². The molecule has 154 valence electrons. The number of amides is 1. The Labute approximate surface area is 190 Å². The minimum absolute atomic E-state index is 0.254. The summed E-state index contributed by atoms with van der Waals surface area (Å²) in [5.41, 5.74) is 4.80. The van der Waals surface area contributed by atoms with E-state index in [4.69, 9.17) is 17.0 Å². The molecule has 0 aliphatic carbocycles. The molecule has 0 aromatic heterocycles. The topological polar surface area (TPSA) is 50.4 Å². The van der Waals surface area contributed by atoms with Gasteiger partial charge in [-0.15, -0.1) is 0 Å². The normalized spacial score (nSPS) is 10.4. The number of nitrogens with one attached hydrogen (secondary N) is 2. The third-order valence-electron chi connectivity index (χ3n) is 4.39. The van der Waals surface area contributed by atoms with Gasteiger partial charge in [0.25, 0.3) is 5.91 Å². The van der Waals surface area contributed by atoms with E-state index >= 15 is 0 Å². The number of ether oxygens (including phenoxy) is 1. The molecule has 0 radical (unpaired) electrons. The van der Waals surface area contributed by atoms with Crippen molar-refractivity contribution in [3.05, 3.63) is 93.5 Å². The zero-order chi connectivity index (χ0) is 21.5. The number of carbonyl (C=O) groups excluding carboxylic acids is 1. The SMILES string of the molecule is Cc1cc(C)cc(NC(=S)NC(=O)c2ccc(OCCc3ccccc3)c(Br)c2)c1. The summed E-state index contributed by atoms with van der Waals surface area (Å²) in [5.74, 6) is 0.409. The van der Waals surface area contributed by atoms with Crippen molar-refractivity contribution < 1.29 is 9.53 Å². The quantitative estimate of drug-likeness (QED) is 0.435. The second kappa shape index (κ2) is 10.4. The van der Waals surface area contributed by atoms with Crippen LogP contribution in [-0.4, -0.2) is 17.6 Å². The summed E-state index contributed by atoms with van der Waals surface area (Å²) in [6, 6.07) is 21.4. The molecule has 3 aromatic rings. The van der Waals surface area contributed by atoms with Gasteiger partial charge >= 0.3 is 0 Å². The Morgan fingerprint density at radius 3 is 2.37 bits per heavy atom. The first-order valence-corrected chi connectivity index (χ1v) is 10.8. The Hall–Kier alpha value is -2.70. The summed E-state index contributed by atoms with van der Waals surface area (Å²) in [6.45, 7) is 4.58. The van der Waals surface area contributed by atoms with E-state index in [1.807, 2.05) is 44.2 Å². The lowest BCUT2D eigenvalue weighted by molar-refractivity contribution is 0.0977. The molecule has 0 aliphatic heterocycles. The molecule has 0 atom stereocenters. The highest BCUT2D eigenvalue weighted by molar-refractivity contribution is 9.10. The van der Waals surface area contributed by atoms with Crippen LogP contribution in [0.2, 0.25) is 0 Å². The van der Waals surface area contributed by atoms with Gasteiger partial charge in [-0.05, 0) is 89.0 Å². The molecule has 0 fully saturated rings. The average Bonchev–Trinajstić information content (AvgIpc) is 2.69. The average molecular weight is 483 g/mol. The van der Waals surface area contributed by atoms with E-state index in [1.54, 1.807) is 18.2 Å². The molecule has 0 spiro atoms. The summed E-state index contributed by atoms with van der Waals surface area (Å²) in [7, 11) is 0. The Morgan fingerprint density at radius 1 is 1.00 bits per heavy atom. The fourth-order valence-electron chi connectivity index (χ4n) is 3.07. The van der Waals surface area contributed by atoms with E-state index in [0.29, 0.717) is 17.9 Å². The molecule has 30 heavy (non-hydrogen) atoms. The van der Waals surface area contributed by atoms with Gasteiger partial charge in [0.15, 0.2) is 5.11 Å². The van der Waals surface area contributed by atoms with Gasteiger partial charge in [0.2, 0.25) is 0 Å². The second-order valence-corrected chi connectivity index (χ2v) is 8.28. The first-order chi connectivity index (χ1) is 14.4. The first-order valence-electron chi connectivity index (χ1n) is 9.57. The Balaban J connectivity index is 1.55. The number of anilines is 1. The maximum atomic E-state index is 12.5. The van der Waals surface area contributed by atoms with Crippen molar-refractivity contribution in [3.63, 3.8) is 0 Å². The molecular weight excluding hydrogens is 460 g/mol. The standard InChI is InChI=1S/C24H23BrN2O2S/c1-16-12-17(2)14-20(13-16)26-24(30)27-23(28)19-8-9-22(21(25)15-19)29-11-10-18-6-4-3-5-7-18/h3-9,12-15H,10-11H2,1-2H3,(H2,26,27,28,30). The van der Waals surface area contributed by atoms with Gasteiger partial charge in [0, 0.05) is 17.7 Å². The summed E-state index contributed by atoms with van der Waals surface area (Å²) in [5, 5.41) is 6.03. The van der Waals surface area contributed by atoms with E-state index in [9.17, 15) is 4.79 Å². The van der Waals surface area contributed by atoms with Crippen LogP contribution in [0.15, 0.2) is 71.2 Å². The highest BCUT2D eigenvalue weighted by atomic mass is 79.9. The Morgan fingerprint density at radius 2 is 1.70 bits per heavy atom. The van der Waals surface area contributed by atoms with E-state index in [2.05, 4.69) is 44.8 Å². The maximum absolute atomic E-state index is 12.5. The monoisotopic (exact) mass is 482 g/mol. The second-order valence-electron chi connectivity index (χ2n) is 7.01. The van der Waals surface area contributed by atoms with Crippen molar-refractivity contribution in [1.29, 1.82) is 0 Å². The number of hydrogen-bond acceptors (Lipinski definition) is 3. The fourth-order valence-corrected chi connectivity index (χ4v) is 3.77. The predicted molar refractivity (Wildman–Crippen MR) is 129 cm³/mol. The minimum atomic E-state index is -0.284. The lowest BCUT2D eigenvalue weighted by Gasteiger charge is -2.12. The number of aryl methyl sites for hydroxylation is 2. The van der Waals surface area contributed by atoms with Crippen LogP contribution in [0.25, 0.3) is 0 Å². The van der Waals surface area contributed by atoms with Crippen molar-refractivity contribution in [1.82, 2.24) is 5.32 Å². The van der Waals surface area contributed by atoms with Crippen LogP contribution in [0.1, 0.15) is 27.0 Å². The minimum Gasteiger partial charge on any atom is -0.492 e. The molecule has 4 nitrogen and oxygen atoms in total. The Kier molecular flexibility index (Phi) is 7.60. The lowest BCUT2D eigenvalue weighted by atomic mass is 10.1. The maximum Gasteiger partial charge on any atom is 0.257 e. The number of benzene rings is 3.